The fourth-order valence-corrected chi connectivity index (χ4v) is 3.18. The van der Waals surface area contributed by atoms with Crippen LogP contribution >= 0.6 is 0 Å². The van der Waals surface area contributed by atoms with Gasteiger partial charge in [0.25, 0.3) is 0 Å². The highest BCUT2D eigenvalue weighted by Gasteiger charge is 2.36. The summed E-state index contributed by atoms with van der Waals surface area (Å²) in [5, 5.41) is 10.4. The van der Waals surface area contributed by atoms with Crippen molar-refractivity contribution in [1.82, 2.24) is 19.4 Å². The lowest BCUT2D eigenvalue weighted by Crippen LogP contribution is -2.40. The van der Waals surface area contributed by atoms with Crippen molar-refractivity contribution in [3.63, 3.8) is 0 Å². The number of methoxy groups -OCH3 is 1. The van der Waals surface area contributed by atoms with E-state index in [1.54, 1.807) is 35.3 Å². The van der Waals surface area contributed by atoms with Crippen molar-refractivity contribution in [2.24, 2.45) is 0 Å². The van der Waals surface area contributed by atoms with Crippen LogP contribution < -0.4 is 4.74 Å². The van der Waals surface area contributed by atoms with Gasteiger partial charge in [-0.15, -0.1) is 0 Å². The lowest BCUT2D eigenvalue weighted by molar-refractivity contribution is -0.131. The van der Waals surface area contributed by atoms with Gasteiger partial charge in [0.15, 0.2) is 0 Å². The molecule has 1 aliphatic heterocycles. The molecule has 0 saturated carbocycles. The van der Waals surface area contributed by atoms with E-state index in [1.165, 1.54) is 0 Å². The zero-order chi connectivity index (χ0) is 17.8. The molecule has 134 valence electrons. The Kier molecular flexibility index (Phi) is 5.35. The molecule has 0 aliphatic carbocycles. The number of likely N-dealkylation sites (tertiary alicyclic amines) is 1. The molecule has 1 N–H and O–H groups in total. The number of aromatic nitrogens is 2. The van der Waals surface area contributed by atoms with E-state index in [1.807, 2.05) is 31.3 Å². The summed E-state index contributed by atoms with van der Waals surface area (Å²) in [7, 11) is 3.62. The summed E-state index contributed by atoms with van der Waals surface area (Å²) in [5.74, 6) is 0.820. The van der Waals surface area contributed by atoms with E-state index >= 15 is 0 Å². The third kappa shape index (κ3) is 4.18. The molecule has 7 heteroatoms. The van der Waals surface area contributed by atoms with Gasteiger partial charge in [0.1, 0.15) is 12.3 Å². The van der Waals surface area contributed by atoms with Crippen molar-refractivity contribution in [3.8, 4) is 5.75 Å². The minimum absolute atomic E-state index is 0.00241. The van der Waals surface area contributed by atoms with Crippen molar-refractivity contribution < 1.29 is 14.6 Å². The van der Waals surface area contributed by atoms with E-state index in [2.05, 4.69) is 9.88 Å². The predicted molar refractivity (Wildman–Crippen MR) is 93.1 cm³/mol. The fourth-order valence-electron chi connectivity index (χ4n) is 3.18. The minimum Gasteiger partial charge on any atom is -0.497 e. The van der Waals surface area contributed by atoms with Crippen LogP contribution in [0.2, 0.25) is 0 Å². The van der Waals surface area contributed by atoms with E-state index in [9.17, 15) is 9.90 Å². The molecule has 1 fully saturated rings. The Hall–Kier alpha value is -2.38. The molecule has 1 aliphatic rings. The van der Waals surface area contributed by atoms with Gasteiger partial charge in [0.2, 0.25) is 5.91 Å². The van der Waals surface area contributed by atoms with Crippen LogP contribution in [-0.2, 0) is 17.9 Å². The molecule has 2 heterocycles. The highest BCUT2D eigenvalue weighted by atomic mass is 16.5. The number of rotatable bonds is 6. The topological polar surface area (TPSA) is 70.8 Å². The standard InChI is InChI=1S/C18H24N4O3/c1-20(9-14-3-5-15(25-2)6-4-14)16-10-22(11-17(16)23)18(24)12-21-8-7-19-13-21/h3-8,13,16-17,23H,9-12H2,1-2H3/t16-,17-/m1/s1. The van der Waals surface area contributed by atoms with E-state index in [4.69, 9.17) is 4.74 Å². The number of hydrogen-bond acceptors (Lipinski definition) is 5. The normalized spacial score (nSPS) is 20.2. The second-order valence-corrected chi connectivity index (χ2v) is 6.43. The van der Waals surface area contributed by atoms with E-state index in [-0.39, 0.29) is 18.5 Å². The van der Waals surface area contributed by atoms with Crippen LogP contribution in [0.5, 0.6) is 5.75 Å². The molecule has 0 spiro atoms. The van der Waals surface area contributed by atoms with Gasteiger partial charge in [-0.25, -0.2) is 4.98 Å². The monoisotopic (exact) mass is 344 g/mol. The maximum absolute atomic E-state index is 12.4. The highest BCUT2D eigenvalue weighted by molar-refractivity contribution is 5.76. The van der Waals surface area contributed by atoms with Crippen molar-refractivity contribution in [2.75, 3.05) is 27.2 Å². The second kappa shape index (κ2) is 7.67. The molecule has 2 atom stereocenters. The number of aliphatic hydroxyl groups excluding tert-OH is 1. The first-order chi connectivity index (χ1) is 12.1. The predicted octanol–water partition coefficient (Wildman–Crippen LogP) is 0.595. The largest absolute Gasteiger partial charge is 0.497 e. The fraction of sp³-hybridized carbons (Fsp3) is 0.444. The number of imidazole rings is 1. The minimum atomic E-state index is -0.546. The summed E-state index contributed by atoms with van der Waals surface area (Å²) < 4.78 is 6.91. The number of amides is 1. The maximum atomic E-state index is 12.4. The SMILES string of the molecule is COc1ccc(CN(C)[C@@H]2CN(C(=O)Cn3ccnc3)C[C@H]2O)cc1. The number of aliphatic hydroxyl groups is 1. The molecule has 1 aromatic carbocycles. The Labute approximate surface area is 147 Å². The van der Waals surface area contributed by atoms with Gasteiger partial charge in [-0.05, 0) is 24.7 Å². The van der Waals surface area contributed by atoms with Gasteiger partial charge >= 0.3 is 0 Å². The molecular formula is C18H24N4O3. The summed E-state index contributed by atoms with van der Waals surface area (Å²) >= 11 is 0. The average Bonchev–Trinajstić information content (AvgIpc) is 3.25. The zero-order valence-corrected chi connectivity index (χ0v) is 14.6. The number of carbonyl (C=O) groups excluding carboxylic acids is 1. The molecule has 1 amide bonds. The van der Waals surface area contributed by atoms with Gasteiger partial charge in [-0.3, -0.25) is 9.69 Å². The first kappa shape index (κ1) is 17.4. The van der Waals surface area contributed by atoms with Crippen molar-refractivity contribution in [1.29, 1.82) is 0 Å². The smallest absolute Gasteiger partial charge is 0.242 e. The molecule has 0 bridgehead atoms. The molecule has 7 nitrogen and oxygen atoms in total. The lowest BCUT2D eigenvalue weighted by atomic mass is 10.1. The summed E-state index contributed by atoms with van der Waals surface area (Å²) in [6, 6.07) is 7.80. The third-order valence-corrected chi connectivity index (χ3v) is 4.65. The van der Waals surface area contributed by atoms with Crippen LogP contribution in [-0.4, -0.2) is 69.8 Å². The van der Waals surface area contributed by atoms with Crippen LogP contribution in [0.25, 0.3) is 0 Å². The van der Waals surface area contributed by atoms with Gasteiger partial charge < -0.3 is 19.3 Å². The Balaban J connectivity index is 1.57. The Morgan fingerprint density at radius 1 is 1.36 bits per heavy atom. The summed E-state index contributed by atoms with van der Waals surface area (Å²) in [4.78, 5) is 20.2. The first-order valence-corrected chi connectivity index (χ1v) is 8.31. The number of nitrogens with zero attached hydrogens (tertiary/aromatic N) is 4. The van der Waals surface area contributed by atoms with Crippen LogP contribution in [0, 0.1) is 0 Å². The number of hydrogen-bond donors (Lipinski definition) is 1. The average molecular weight is 344 g/mol. The maximum Gasteiger partial charge on any atom is 0.242 e. The summed E-state index contributed by atoms with van der Waals surface area (Å²) in [6.45, 7) is 1.85. The third-order valence-electron chi connectivity index (χ3n) is 4.65. The van der Waals surface area contributed by atoms with Crippen LogP contribution in [0.4, 0.5) is 0 Å². The Bertz CT molecular complexity index is 687. The zero-order valence-electron chi connectivity index (χ0n) is 14.6. The van der Waals surface area contributed by atoms with E-state index < -0.39 is 6.10 Å². The van der Waals surface area contributed by atoms with Crippen LogP contribution in [0.3, 0.4) is 0 Å². The molecule has 1 saturated heterocycles. The summed E-state index contributed by atoms with van der Waals surface area (Å²) in [6.07, 6.45) is 4.49. The second-order valence-electron chi connectivity index (χ2n) is 6.43. The van der Waals surface area contributed by atoms with E-state index in [0.717, 1.165) is 11.3 Å². The van der Waals surface area contributed by atoms with Crippen LogP contribution in [0.15, 0.2) is 43.0 Å². The molecule has 2 aromatic rings. The van der Waals surface area contributed by atoms with Crippen molar-refractivity contribution in [3.05, 3.63) is 48.5 Å². The van der Waals surface area contributed by atoms with Gasteiger partial charge in [-0.1, -0.05) is 12.1 Å². The molecule has 0 radical (unpaired) electrons. The van der Waals surface area contributed by atoms with Gasteiger partial charge in [0.05, 0.1) is 25.6 Å². The first-order valence-electron chi connectivity index (χ1n) is 8.31. The van der Waals surface area contributed by atoms with Crippen molar-refractivity contribution in [2.45, 2.75) is 25.2 Å². The molecule has 0 unspecified atom stereocenters. The quantitative estimate of drug-likeness (QED) is 0.831. The molecule has 3 rings (SSSR count). The number of likely N-dealkylation sites (N-methyl/N-ethyl adjacent to an activating group) is 1. The highest BCUT2D eigenvalue weighted by Crippen LogP contribution is 2.19. The molecule has 1 aromatic heterocycles. The Morgan fingerprint density at radius 3 is 2.76 bits per heavy atom. The molecular weight excluding hydrogens is 320 g/mol. The number of β-amino-alcohol motifs (C(OH)–C–C–N with tert-alkyl or cyclic N) is 1. The van der Waals surface area contributed by atoms with E-state index in [0.29, 0.717) is 19.6 Å². The number of carbonyl (C=O) groups is 1. The molecule has 25 heavy (non-hydrogen) atoms. The van der Waals surface area contributed by atoms with Crippen LogP contribution in [0.1, 0.15) is 5.56 Å². The summed E-state index contributed by atoms with van der Waals surface area (Å²) in [5.41, 5.74) is 1.14. The number of ether oxygens (including phenoxy) is 1. The Morgan fingerprint density at radius 2 is 2.12 bits per heavy atom. The number of benzene rings is 1. The van der Waals surface area contributed by atoms with Gasteiger partial charge in [-0.2, -0.15) is 0 Å². The van der Waals surface area contributed by atoms with Gasteiger partial charge in [0, 0.05) is 32.0 Å². The lowest BCUT2D eigenvalue weighted by Gasteiger charge is -2.26. The van der Waals surface area contributed by atoms with Crippen molar-refractivity contribution >= 4 is 5.91 Å².